The lowest BCUT2D eigenvalue weighted by Crippen LogP contribution is -2.24. The summed E-state index contributed by atoms with van der Waals surface area (Å²) in [5.74, 6) is -0.920. The summed E-state index contributed by atoms with van der Waals surface area (Å²) in [5, 5.41) is 2.99. The molecule has 0 radical (unpaired) electrons. The molecule has 0 unspecified atom stereocenters. The zero-order valence-electron chi connectivity index (χ0n) is 17.6. The molecule has 0 bridgehead atoms. The minimum atomic E-state index is -4.00. The van der Waals surface area contributed by atoms with Crippen molar-refractivity contribution in [1.82, 2.24) is 10.2 Å². The van der Waals surface area contributed by atoms with Gasteiger partial charge in [-0.05, 0) is 67.7 Å². The van der Waals surface area contributed by atoms with E-state index in [2.05, 4.69) is 10.0 Å². The summed E-state index contributed by atoms with van der Waals surface area (Å²) in [6.45, 7) is 1.06. The Morgan fingerprint density at radius 3 is 2.31 bits per heavy atom. The Balaban J connectivity index is 1.75. The zero-order valence-corrected chi connectivity index (χ0v) is 19.2. The number of nitrogens with one attached hydrogen (secondary N) is 2. The second-order valence-electron chi connectivity index (χ2n) is 7.44. The quantitative estimate of drug-likeness (QED) is 0.510. The molecular formula is C23H23ClFN3O3S. The van der Waals surface area contributed by atoms with Gasteiger partial charge in [-0.2, -0.15) is 0 Å². The molecule has 168 valence electrons. The van der Waals surface area contributed by atoms with Crippen molar-refractivity contribution in [1.29, 1.82) is 0 Å². The smallest absolute Gasteiger partial charge is 0.261 e. The molecule has 0 aliphatic rings. The summed E-state index contributed by atoms with van der Waals surface area (Å²) in [4.78, 5) is 14.6. The van der Waals surface area contributed by atoms with E-state index in [-0.39, 0.29) is 27.1 Å². The van der Waals surface area contributed by atoms with E-state index in [4.69, 9.17) is 11.6 Å². The van der Waals surface area contributed by atoms with Crippen LogP contribution in [0.2, 0.25) is 5.02 Å². The first-order chi connectivity index (χ1) is 15.2. The van der Waals surface area contributed by atoms with E-state index >= 15 is 0 Å². The Labute approximate surface area is 192 Å². The molecule has 32 heavy (non-hydrogen) atoms. The molecule has 6 nitrogen and oxygen atoms in total. The fraction of sp³-hybridized carbons (Fsp3) is 0.174. The number of sulfonamides is 1. The van der Waals surface area contributed by atoms with Crippen LogP contribution in [0.1, 0.15) is 21.5 Å². The molecule has 2 N–H and O–H groups in total. The highest BCUT2D eigenvalue weighted by Crippen LogP contribution is 2.26. The second-order valence-corrected chi connectivity index (χ2v) is 9.53. The van der Waals surface area contributed by atoms with Crippen LogP contribution in [0.3, 0.4) is 0 Å². The molecule has 9 heteroatoms. The molecule has 0 aliphatic carbocycles. The van der Waals surface area contributed by atoms with Crippen molar-refractivity contribution >= 4 is 33.2 Å². The van der Waals surface area contributed by atoms with Crippen molar-refractivity contribution in [2.24, 2.45) is 0 Å². The maximum atomic E-state index is 13.1. The van der Waals surface area contributed by atoms with E-state index in [0.29, 0.717) is 6.54 Å². The van der Waals surface area contributed by atoms with Crippen molar-refractivity contribution in [2.75, 3.05) is 18.8 Å². The first-order valence-corrected chi connectivity index (χ1v) is 11.6. The molecule has 3 aromatic rings. The van der Waals surface area contributed by atoms with E-state index in [1.165, 1.54) is 18.2 Å². The van der Waals surface area contributed by atoms with E-state index in [1.54, 1.807) is 0 Å². The molecule has 0 aromatic heterocycles. The SMILES string of the molecule is CN(C)Cc1ccccc1CNC(=O)c1ccc(Cl)c(NS(=O)(=O)c2ccc(F)cc2)c1. The van der Waals surface area contributed by atoms with Crippen LogP contribution in [-0.4, -0.2) is 33.3 Å². The van der Waals surface area contributed by atoms with Gasteiger partial charge in [0.15, 0.2) is 0 Å². The summed E-state index contributed by atoms with van der Waals surface area (Å²) in [6.07, 6.45) is 0. The Hall–Kier alpha value is -2.94. The summed E-state index contributed by atoms with van der Waals surface area (Å²) < 4.78 is 40.6. The summed E-state index contributed by atoms with van der Waals surface area (Å²) >= 11 is 6.14. The Morgan fingerprint density at radius 2 is 1.66 bits per heavy atom. The standard InChI is InChI=1S/C23H23ClFN3O3S/c1-28(2)15-18-6-4-3-5-17(18)14-26-23(29)16-7-12-21(24)22(13-16)27-32(30,31)20-10-8-19(25)9-11-20/h3-13,27H,14-15H2,1-2H3,(H,26,29). The predicted octanol–water partition coefficient (Wildman–Crippen LogP) is 4.27. The van der Waals surface area contributed by atoms with Crippen LogP contribution in [0.25, 0.3) is 0 Å². The molecule has 0 saturated heterocycles. The van der Waals surface area contributed by atoms with Gasteiger partial charge in [0.1, 0.15) is 5.82 Å². The number of hydrogen-bond acceptors (Lipinski definition) is 4. The van der Waals surface area contributed by atoms with Gasteiger partial charge >= 0.3 is 0 Å². The van der Waals surface area contributed by atoms with Crippen LogP contribution in [0.4, 0.5) is 10.1 Å². The third-order valence-corrected chi connectivity index (χ3v) is 6.35. The van der Waals surface area contributed by atoms with Gasteiger partial charge in [-0.15, -0.1) is 0 Å². The number of amides is 1. The molecule has 1 amide bonds. The molecule has 0 aliphatic heterocycles. The number of carbonyl (C=O) groups is 1. The number of nitrogens with zero attached hydrogens (tertiary/aromatic N) is 1. The monoisotopic (exact) mass is 475 g/mol. The van der Waals surface area contributed by atoms with Gasteiger partial charge in [0, 0.05) is 18.7 Å². The zero-order chi connectivity index (χ0) is 23.3. The summed E-state index contributed by atoms with van der Waals surface area (Å²) in [7, 11) is -0.0653. The highest BCUT2D eigenvalue weighted by Gasteiger charge is 2.17. The van der Waals surface area contributed by atoms with E-state index in [0.717, 1.165) is 41.9 Å². The third kappa shape index (κ3) is 6.06. The first kappa shape index (κ1) is 23.7. The average molecular weight is 476 g/mol. The summed E-state index contributed by atoms with van der Waals surface area (Å²) in [6, 6.07) is 16.5. The van der Waals surface area contributed by atoms with Crippen molar-refractivity contribution in [3.8, 4) is 0 Å². The molecule has 0 spiro atoms. The van der Waals surface area contributed by atoms with Crippen LogP contribution in [-0.2, 0) is 23.1 Å². The minimum absolute atomic E-state index is 0.0525. The molecular weight excluding hydrogens is 453 g/mol. The summed E-state index contributed by atoms with van der Waals surface area (Å²) in [5.41, 5.74) is 2.38. The van der Waals surface area contributed by atoms with E-state index in [1.807, 2.05) is 43.3 Å². The number of benzene rings is 3. The fourth-order valence-corrected chi connectivity index (χ4v) is 4.36. The van der Waals surface area contributed by atoms with Crippen LogP contribution in [0.15, 0.2) is 71.6 Å². The lowest BCUT2D eigenvalue weighted by Gasteiger charge is -2.15. The Bertz CT molecular complexity index is 1220. The van der Waals surface area contributed by atoms with Gasteiger partial charge in [-0.25, -0.2) is 12.8 Å². The maximum absolute atomic E-state index is 13.1. The lowest BCUT2D eigenvalue weighted by molar-refractivity contribution is 0.0951. The third-order valence-electron chi connectivity index (χ3n) is 4.64. The van der Waals surface area contributed by atoms with Gasteiger partial charge in [-0.1, -0.05) is 35.9 Å². The lowest BCUT2D eigenvalue weighted by atomic mass is 10.1. The predicted molar refractivity (Wildman–Crippen MR) is 124 cm³/mol. The number of anilines is 1. The van der Waals surface area contributed by atoms with Crippen molar-refractivity contribution in [3.05, 3.63) is 94.3 Å². The van der Waals surface area contributed by atoms with Gasteiger partial charge in [0.2, 0.25) is 0 Å². The molecule has 0 saturated carbocycles. The molecule has 0 atom stereocenters. The highest BCUT2D eigenvalue weighted by molar-refractivity contribution is 7.92. The fourth-order valence-electron chi connectivity index (χ4n) is 3.06. The van der Waals surface area contributed by atoms with Crippen LogP contribution in [0, 0.1) is 5.82 Å². The van der Waals surface area contributed by atoms with Crippen LogP contribution >= 0.6 is 11.6 Å². The number of halogens is 2. The van der Waals surface area contributed by atoms with Crippen LogP contribution in [0.5, 0.6) is 0 Å². The van der Waals surface area contributed by atoms with Crippen molar-refractivity contribution in [3.63, 3.8) is 0 Å². The van der Waals surface area contributed by atoms with Gasteiger partial charge in [0.05, 0.1) is 15.6 Å². The van der Waals surface area contributed by atoms with Crippen molar-refractivity contribution < 1.29 is 17.6 Å². The molecule has 0 fully saturated rings. The maximum Gasteiger partial charge on any atom is 0.261 e. The highest BCUT2D eigenvalue weighted by atomic mass is 35.5. The Kier molecular flexibility index (Phi) is 7.50. The minimum Gasteiger partial charge on any atom is -0.348 e. The van der Waals surface area contributed by atoms with E-state index in [9.17, 15) is 17.6 Å². The largest absolute Gasteiger partial charge is 0.348 e. The number of carbonyl (C=O) groups excluding carboxylic acids is 1. The average Bonchev–Trinajstić information content (AvgIpc) is 2.74. The second kappa shape index (κ2) is 10.1. The van der Waals surface area contributed by atoms with Crippen molar-refractivity contribution in [2.45, 2.75) is 18.0 Å². The van der Waals surface area contributed by atoms with Gasteiger partial charge < -0.3 is 10.2 Å². The number of hydrogen-bond donors (Lipinski definition) is 2. The van der Waals surface area contributed by atoms with Gasteiger partial charge in [0.25, 0.3) is 15.9 Å². The van der Waals surface area contributed by atoms with Gasteiger partial charge in [-0.3, -0.25) is 9.52 Å². The normalized spacial score (nSPS) is 11.4. The molecule has 3 aromatic carbocycles. The Morgan fingerprint density at radius 1 is 1.00 bits per heavy atom. The van der Waals surface area contributed by atoms with E-state index < -0.39 is 15.8 Å². The molecule has 0 heterocycles. The first-order valence-electron chi connectivity index (χ1n) is 9.73. The van der Waals surface area contributed by atoms with Crippen LogP contribution < -0.4 is 10.0 Å². The topological polar surface area (TPSA) is 78.5 Å². The number of rotatable bonds is 8. The molecule has 3 rings (SSSR count).